The Bertz CT molecular complexity index is 601. The molecular formula is C24H34O2. The summed E-state index contributed by atoms with van der Waals surface area (Å²) in [4.78, 5) is 0. The lowest BCUT2D eigenvalue weighted by Gasteiger charge is -2.14. The summed E-state index contributed by atoms with van der Waals surface area (Å²) in [6.07, 6.45) is 7.61. The number of aryl methyl sites for hydroxylation is 1. The molecule has 0 aliphatic rings. The number of benzene rings is 2. The number of ether oxygens (including phenoxy) is 2. The number of hydrogen-bond donors (Lipinski definition) is 0. The minimum Gasteiger partial charge on any atom is -0.491 e. The highest BCUT2D eigenvalue weighted by molar-refractivity contribution is 5.64. The molecule has 0 aliphatic carbocycles. The maximum Gasteiger partial charge on any atom is 0.119 e. The van der Waals surface area contributed by atoms with Crippen LogP contribution in [-0.2, 0) is 11.2 Å². The van der Waals surface area contributed by atoms with Crippen molar-refractivity contribution in [2.24, 2.45) is 0 Å². The van der Waals surface area contributed by atoms with E-state index in [1.54, 1.807) is 0 Å². The molecule has 142 valence electrons. The maximum absolute atomic E-state index is 5.81. The van der Waals surface area contributed by atoms with Gasteiger partial charge >= 0.3 is 0 Å². The SMILES string of the molecule is CCCCCCc1ccc(-c2ccc(OCC(C)OCCC)cc2)cc1. The zero-order valence-electron chi connectivity index (χ0n) is 16.7. The van der Waals surface area contributed by atoms with Gasteiger partial charge in [-0.15, -0.1) is 0 Å². The highest BCUT2D eigenvalue weighted by atomic mass is 16.5. The third-order valence-corrected chi connectivity index (χ3v) is 4.55. The Balaban J connectivity index is 1.83. The first-order valence-electron chi connectivity index (χ1n) is 10.2. The predicted octanol–water partition coefficient (Wildman–Crippen LogP) is 6.67. The molecule has 0 saturated heterocycles. The van der Waals surface area contributed by atoms with E-state index < -0.39 is 0 Å². The fourth-order valence-electron chi connectivity index (χ4n) is 2.94. The maximum atomic E-state index is 5.81. The Labute approximate surface area is 159 Å². The molecule has 0 radical (unpaired) electrons. The van der Waals surface area contributed by atoms with Crippen LogP contribution in [-0.4, -0.2) is 19.3 Å². The van der Waals surface area contributed by atoms with Gasteiger partial charge in [-0.25, -0.2) is 0 Å². The van der Waals surface area contributed by atoms with Crippen LogP contribution in [0.25, 0.3) is 11.1 Å². The van der Waals surface area contributed by atoms with E-state index in [4.69, 9.17) is 9.47 Å². The van der Waals surface area contributed by atoms with E-state index >= 15 is 0 Å². The fourth-order valence-corrected chi connectivity index (χ4v) is 2.94. The molecular weight excluding hydrogens is 320 g/mol. The summed E-state index contributed by atoms with van der Waals surface area (Å²) in [5.74, 6) is 0.897. The Hall–Kier alpha value is -1.80. The Kier molecular flexibility index (Phi) is 9.27. The molecule has 2 nitrogen and oxygen atoms in total. The molecule has 0 heterocycles. The Morgan fingerprint density at radius 2 is 1.42 bits per heavy atom. The van der Waals surface area contributed by atoms with E-state index in [1.165, 1.54) is 48.8 Å². The molecule has 1 unspecified atom stereocenters. The fraction of sp³-hybridized carbons (Fsp3) is 0.500. The first-order chi connectivity index (χ1) is 12.7. The first kappa shape index (κ1) is 20.5. The summed E-state index contributed by atoms with van der Waals surface area (Å²) in [5, 5.41) is 0. The van der Waals surface area contributed by atoms with Gasteiger partial charge in [0, 0.05) is 6.61 Å². The standard InChI is InChI=1S/C24H34O2/c1-4-6-7-8-9-21-10-12-22(13-11-21)23-14-16-24(17-15-23)26-19-20(3)25-18-5-2/h10-17,20H,4-9,18-19H2,1-3H3. The zero-order valence-corrected chi connectivity index (χ0v) is 16.7. The summed E-state index contributed by atoms with van der Waals surface area (Å²) in [6.45, 7) is 7.80. The van der Waals surface area contributed by atoms with Crippen LogP contribution in [0.4, 0.5) is 0 Å². The van der Waals surface area contributed by atoms with Crippen LogP contribution >= 0.6 is 0 Å². The van der Waals surface area contributed by atoms with Crippen molar-refractivity contribution in [1.29, 1.82) is 0 Å². The summed E-state index contributed by atoms with van der Waals surface area (Å²) < 4.78 is 11.4. The van der Waals surface area contributed by atoms with Crippen LogP contribution in [0.3, 0.4) is 0 Å². The minimum absolute atomic E-state index is 0.125. The third-order valence-electron chi connectivity index (χ3n) is 4.55. The Morgan fingerprint density at radius 1 is 0.769 bits per heavy atom. The van der Waals surface area contributed by atoms with Gasteiger partial charge in [0.1, 0.15) is 12.4 Å². The molecule has 1 atom stereocenters. The van der Waals surface area contributed by atoms with Gasteiger partial charge in [-0.1, -0.05) is 69.5 Å². The average molecular weight is 355 g/mol. The predicted molar refractivity (Wildman–Crippen MR) is 111 cm³/mol. The zero-order chi connectivity index (χ0) is 18.6. The summed E-state index contributed by atoms with van der Waals surface area (Å²) >= 11 is 0. The topological polar surface area (TPSA) is 18.5 Å². The summed E-state index contributed by atoms with van der Waals surface area (Å²) in [7, 11) is 0. The second-order valence-corrected chi connectivity index (χ2v) is 7.02. The lowest BCUT2D eigenvalue weighted by molar-refractivity contribution is 0.0327. The van der Waals surface area contributed by atoms with Crippen molar-refractivity contribution in [1.82, 2.24) is 0 Å². The Morgan fingerprint density at radius 3 is 2.04 bits per heavy atom. The lowest BCUT2D eigenvalue weighted by atomic mass is 10.0. The monoisotopic (exact) mass is 354 g/mol. The first-order valence-corrected chi connectivity index (χ1v) is 10.2. The summed E-state index contributed by atoms with van der Waals surface area (Å²) in [6, 6.07) is 17.3. The van der Waals surface area contributed by atoms with Crippen molar-refractivity contribution in [3.8, 4) is 16.9 Å². The molecule has 0 amide bonds. The molecule has 0 saturated carbocycles. The molecule has 2 aromatic carbocycles. The van der Waals surface area contributed by atoms with Crippen LogP contribution in [0.5, 0.6) is 5.75 Å². The third kappa shape index (κ3) is 7.21. The average Bonchev–Trinajstić information content (AvgIpc) is 2.69. The number of rotatable bonds is 12. The summed E-state index contributed by atoms with van der Waals surface area (Å²) in [5.41, 5.74) is 3.92. The van der Waals surface area contributed by atoms with Crippen molar-refractivity contribution in [2.45, 2.75) is 65.4 Å². The highest BCUT2D eigenvalue weighted by Gasteiger charge is 2.04. The molecule has 0 spiro atoms. The van der Waals surface area contributed by atoms with Gasteiger partial charge in [0.25, 0.3) is 0 Å². The quantitative estimate of drug-likeness (QED) is 0.396. The number of unbranched alkanes of at least 4 members (excludes halogenated alkanes) is 3. The molecule has 2 aromatic rings. The molecule has 2 rings (SSSR count). The molecule has 0 fully saturated rings. The van der Waals surface area contributed by atoms with Crippen molar-refractivity contribution >= 4 is 0 Å². The van der Waals surface area contributed by atoms with E-state index in [9.17, 15) is 0 Å². The smallest absolute Gasteiger partial charge is 0.119 e. The van der Waals surface area contributed by atoms with Gasteiger partial charge in [-0.2, -0.15) is 0 Å². The van der Waals surface area contributed by atoms with Crippen LogP contribution in [0.2, 0.25) is 0 Å². The van der Waals surface area contributed by atoms with Crippen LogP contribution < -0.4 is 4.74 Å². The van der Waals surface area contributed by atoms with Crippen LogP contribution in [0.15, 0.2) is 48.5 Å². The van der Waals surface area contributed by atoms with Crippen LogP contribution in [0.1, 0.15) is 58.4 Å². The van der Waals surface area contributed by atoms with Crippen molar-refractivity contribution < 1.29 is 9.47 Å². The van der Waals surface area contributed by atoms with Gasteiger partial charge in [0.2, 0.25) is 0 Å². The molecule has 26 heavy (non-hydrogen) atoms. The molecule has 2 heteroatoms. The second-order valence-electron chi connectivity index (χ2n) is 7.02. The largest absolute Gasteiger partial charge is 0.491 e. The van der Waals surface area contributed by atoms with Crippen molar-refractivity contribution in [3.05, 3.63) is 54.1 Å². The van der Waals surface area contributed by atoms with Gasteiger partial charge < -0.3 is 9.47 Å². The van der Waals surface area contributed by atoms with Gasteiger partial charge in [0.15, 0.2) is 0 Å². The lowest BCUT2D eigenvalue weighted by Crippen LogP contribution is -2.18. The van der Waals surface area contributed by atoms with Crippen molar-refractivity contribution in [3.63, 3.8) is 0 Å². The van der Waals surface area contributed by atoms with Crippen molar-refractivity contribution in [2.75, 3.05) is 13.2 Å². The molecule has 0 aromatic heterocycles. The van der Waals surface area contributed by atoms with E-state index in [2.05, 4.69) is 50.2 Å². The van der Waals surface area contributed by atoms with E-state index in [1.807, 2.05) is 19.1 Å². The van der Waals surface area contributed by atoms with Gasteiger partial charge in [-0.3, -0.25) is 0 Å². The van der Waals surface area contributed by atoms with E-state index in [0.29, 0.717) is 6.61 Å². The van der Waals surface area contributed by atoms with E-state index in [-0.39, 0.29) is 6.10 Å². The normalized spacial score (nSPS) is 12.1. The van der Waals surface area contributed by atoms with E-state index in [0.717, 1.165) is 18.8 Å². The minimum atomic E-state index is 0.125. The number of hydrogen-bond acceptors (Lipinski definition) is 2. The van der Waals surface area contributed by atoms with Gasteiger partial charge in [-0.05, 0) is 55.0 Å². The molecule has 0 N–H and O–H groups in total. The second kappa shape index (κ2) is 11.7. The molecule has 0 aliphatic heterocycles. The molecule has 0 bridgehead atoms. The highest BCUT2D eigenvalue weighted by Crippen LogP contribution is 2.23. The van der Waals surface area contributed by atoms with Crippen LogP contribution in [0, 0.1) is 0 Å². The van der Waals surface area contributed by atoms with Gasteiger partial charge in [0.05, 0.1) is 6.10 Å².